The third-order valence-corrected chi connectivity index (χ3v) is 4.62. The van der Waals surface area contributed by atoms with E-state index in [-0.39, 0.29) is 12.1 Å². The van der Waals surface area contributed by atoms with E-state index in [2.05, 4.69) is 17.6 Å². The Hall–Kier alpha value is -0.610. The summed E-state index contributed by atoms with van der Waals surface area (Å²) in [5.41, 5.74) is 4.19. The van der Waals surface area contributed by atoms with Crippen LogP contribution in [0.4, 0.5) is 0 Å². The second-order valence-corrected chi connectivity index (χ2v) is 6.14. The topological polar surface area (TPSA) is 47.3 Å². The van der Waals surface area contributed by atoms with Crippen LogP contribution in [-0.2, 0) is 11.2 Å². The first-order valence-electron chi connectivity index (χ1n) is 7.48. The molecule has 1 aromatic rings. The molecule has 0 aromatic heterocycles. The van der Waals surface area contributed by atoms with E-state index in [0.717, 1.165) is 11.4 Å². The van der Waals surface area contributed by atoms with Gasteiger partial charge in [-0.25, -0.2) is 0 Å². The summed E-state index contributed by atoms with van der Waals surface area (Å²) in [6.07, 6.45) is 7.50. The molecule has 4 heteroatoms. The highest BCUT2D eigenvalue weighted by molar-refractivity contribution is 6.30. The molecule has 0 amide bonds. The van der Waals surface area contributed by atoms with E-state index in [1.54, 1.807) is 7.11 Å². The highest BCUT2D eigenvalue weighted by Gasteiger charge is 2.30. The van der Waals surface area contributed by atoms with Gasteiger partial charge < -0.3 is 4.74 Å². The van der Waals surface area contributed by atoms with Crippen LogP contribution < -0.4 is 11.3 Å². The van der Waals surface area contributed by atoms with Crippen molar-refractivity contribution in [2.45, 2.75) is 50.7 Å². The Morgan fingerprint density at radius 2 is 1.90 bits per heavy atom. The Balaban J connectivity index is 2.02. The summed E-state index contributed by atoms with van der Waals surface area (Å²) in [5.74, 6) is 6.39. The lowest BCUT2D eigenvalue weighted by Gasteiger charge is -2.34. The van der Waals surface area contributed by atoms with E-state index >= 15 is 0 Å². The Morgan fingerprint density at radius 1 is 1.25 bits per heavy atom. The maximum atomic E-state index is 5.93. The molecule has 0 heterocycles. The van der Waals surface area contributed by atoms with Crippen molar-refractivity contribution in [1.82, 2.24) is 5.43 Å². The number of benzene rings is 1. The Kier molecular flexibility index (Phi) is 6.30. The number of nitrogens with one attached hydrogen (secondary N) is 1. The molecule has 0 spiro atoms. The van der Waals surface area contributed by atoms with E-state index in [1.165, 1.54) is 37.7 Å². The molecule has 112 valence electrons. The molecule has 1 aliphatic rings. The van der Waals surface area contributed by atoms with Crippen LogP contribution in [0.3, 0.4) is 0 Å². The van der Waals surface area contributed by atoms with Crippen molar-refractivity contribution in [2.75, 3.05) is 7.11 Å². The Morgan fingerprint density at radius 3 is 2.45 bits per heavy atom. The van der Waals surface area contributed by atoms with Crippen LogP contribution in [-0.4, -0.2) is 19.3 Å². The van der Waals surface area contributed by atoms with Gasteiger partial charge in [0.15, 0.2) is 0 Å². The molecule has 1 fully saturated rings. The minimum Gasteiger partial charge on any atom is -0.379 e. The highest BCUT2D eigenvalue weighted by Crippen LogP contribution is 2.30. The van der Waals surface area contributed by atoms with Gasteiger partial charge in [0.2, 0.25) is 0 Å². The fraction of sp³-hybridized carbons (Fsp3) is 0.625. The zero-order valence-corrected chi connectivity index (χ0v) is 12.9. The largest absolute Gasteiger partial charge is 0.379 e. The molecule has 0 aliphatic heterocycles. The van der Waals surface area contributed by atoms with E-state index < -0.39 is 0 Å². The minimum absolute atomic E-state index is 0.143. The molecule has 2 rings (SSSR count). The van der Waals surface area contributed by atoms with Gasteiger partial charge in [0.1, 0.15) is 0 Å². The van der Waals surface area contributed by atoms with Crippen LogP contribution in [0.15, 0.2) is 24.3 Å². The van der Waals surface area contributed by atoms with Crippen molar-refractivity contribution in [3.05, 3.63) is 34.9 Å². The van der Waals surface area contributed by atoms with Crippen molar-refractivity contribution in [3.8, 4) is 0 Å². The number of nitrogens with two attached hydrogens (primary N) is 1. The first-order valence-corrected chi connectivity index (χ1v) is 7.85. The molecule has 0 saturated heterocycles. The van der Waals surface area contributed by atoms with Crippen molar-refractivity contribution in [3.63, 3.8) is 0 Å². The molecule has 1 aromatic carbocycles. The van der Waals surface area contributed by atoms with Gasteiger partial charge in [-0.2, -0.15) is 0 Å². The lowest BCUT2D eigenvalue weighted by atomic mass is 9.81. The molecule has 3 N–H and O–H groups in total. The molecule has 1 saturated carbocycles. The van der Waals surface area contributed by atoms with E-state index in [4.69, 9.17) is 22.2 Å². The third-order valence-electron chi connectivity index (χ3n) is 4.37. The number of hydrogen-bond acceptors (Lipinski definition) is 3. The van der Waals surface area contributed by atoms with E-state index in [9.17, 15) is 0 Å². The predicted octanol–water partition coefficient (Wildman–Crippen LogP) is 3.31. The fourth-order valence-corrected chi connectivity index (χ4v) is 3.42. The van der Waals surface area contributed by atoms with Crippen LogP contribution in [0, 0.1) is 5.92 Å². The van der Waals surface area contributed by atoms with Crippen molar-refractivity contribution in [1.29, 1.82) is 0 Å². The average Bonchev–Trinajstić information content (AvgIpc) is 2.50. The lowest BCUT2D eigenvalue weighted by Crippen LogP contribution is -2.49. The van der Waals surface area contributed by atoms with Gasteiger partial charge in [-0.1, -0.05) is 43.0 Å². The summed E-state index contributed by atoms with van der Waals surface area (Å²) < 4.78 is 5.77. The smallest absolute Gasteiger partial charge is 0.0769 e. The Bertz CT molecular complexity index is 390. The summed E-state index contributed by atoms with van der Waals surface area (Å²) in [6, 6.07) is 8.10. The van der Waals surface area contributed by atoms with Gasteiger partial charge in [-0.3, -0.25) is 11.3 Å². The molecule has 20 heavy (non-hydrogen) atoms. The molecular weight excluding hydrogens is 272 g/mol. The van der Waals surface area contributed by atoms with Gasteiger partial charge in [-0.15, -0.1) is 0 Å². The van der Waals surface area contributed by atoms with Gasteiger partial charge in [0.05, 0.1) is 12.1 Å². The van der Waals surface area contributed by atoms with Crippen LogP contribution in [0.25, 0.3) is 0 Å². The maximum absolute atomic E-state index is 5.93. The third kappa shape index (κ3) is 4.19. The van der Waals surface area contributed by atoms with Crippen molar-refractivity contribution >= 4 is 11.6 Å². The molecule has 0 radical (unpaired) electrons. The number of halogens is 1. The Labute approximate surface area is 126 Å². The normalized spacial score (nSPS) is 19.8. The van der Waals surface area contributed by atoms with Crippen molar-refractivity contribution in [2.24, 2.45) is 11.8 Å². The van der Waals surface area contributed by atoms with Crippen LogP contribution in [0.2, 0.25) is 5.02 Å². The first-order chi connectivity index (χ1) is 9.74. The number of rotatable bonds is 6. The first kappa shape index (κ1) is 15.8. The zero-order valence-electron chi connectivity index (χ0n) is 12.1. The van der Waals surface area contributed by atoms with Gasteiger partial charge in [-0.05, 0) is 42.9 Å². The molecular formula is C16H25ClN2O. The predicted molar refractivity (Wildman–Crippen MR) is 83.6 cm³/mol. The molecule has 2 unspecified atom stereocenters. The molecule has 2 atom stereocenters. The van der Waals surface area contributed by atoms with Crippen LogP contribution in [0.5, 0.6) is 0 Å². The molecule has 1 aliphatic carbocycles. The van der Waals surface area contributed by atoms with E-state index in [1.807, 2.05) is 12.1 Å². The molecule has 0 bridgehead atoms. The standard InChI is InChI=1S/C16H25ClN2O/c1-20-16(13-5-3-2-4-6-13)15(19-18)11-12-7-9-14(17)10-8-12/h7-10,13,15-16,19H,2-6,11,18H2,1H3. The number of hydrazine groups is 1. The maximum Gasteiger partial charge on any atom is 0.0769 e. The van der Waals surface area contributed by atoms with Crippen LogP contribution in [0.1, 0.15) is 37.7 Å². The number of hydrogen-bond donors (Lipinski definition) is 2. The van der Waals surface area contributed by atoms with Gasteiger partial charge in [0.25, 0.3) is 0 Å². The van der Waals surface area contributed by atoms with Gasteiger partial charge >= 0.3 is 0 Å². The number of ether oxygens (including phenoxy) is 1. The van der Waals surface area contributed by atoms with Gasteiger partial charge in [0, 0.05) is 12.1 Å². The van der Waals surface area contributed by atoms with Crippen molar-refractivity contribution < 1.29 is 4.74 Å². The van der Waals surface area contributed by atoms with E-state index in [0.29, 0.717) is 5.92 Å². The monoisotopic (exact) mass is 296 g/mol. The lowest BCUT2D eigenvalue weighted by molar-refractivity contribution is 0.00827. The summed E-state index contributed by atoms with van der Waals surface area (Å²) in [4.78, 5) is 0. The second kappa shape index (κ2) is 7.99. The summed E-state index contributed by atoms with van der Waals surface area (Å²) in [6.45, 7) is 0. The fourth-order valence-electron chi connectivity index (χ4n) is 3.29. The second-order valence-electron chi connectivity index (χ2n) is 5.70. The zero-order chi connectivity index (χ0) is 14.4. The number of methoxy groups -OCH3 is 1. The highest BCUT2D eigenvalue weighted by atomic mass is 35.5. The average molecular weight is 297 g/mol. The SMILES string of the molecule is COC(C1CCCCC1)C(Cc1ccc(Cl)cc1)NN. The minimum atomic E-state index is 0.143. The van der Waals surface area contributed by atoms with Crippen LogP contribution >= 0.6 is 11.6 Å². The quantitative estimate of drug-likeness (QED) is 0.625. The molecule has 3 nitrogen and oxygen atoms in total. The summed E-state index contributed by atoms with van der Waals surface area (Å²) in [5, 5.41) is 0.765. The summed E-state index contributed by atoms with van der Waals surface area (Å²) in [7, 11) is 1.80. The summed E-state index contributed by atoms with van der Waals surface area (Å²) >= 11 is 5.93.